The minimum Gasteiger partial charge on any atom is -0.357 e. The van der Waals surface area contributed by atoms with E-state index in [1.807, 2.05) is 18.2 Å². The smallest absolute Gasteiger partial charge is 0.250 e. The molecule has 1 aliphatic rings. The quantitative estimate of drug-likeness (QED) is 0.816. The number of nitrogens with one attached hydrogen (secondary N) is 2. The molecule has 5 nitrogen and oxygen atoms in total. The van der Waals surface area contributed by atoms with E-state index in [0.717, 1.165) is 10.7 Å². The van der Waals surface area contributed by atoms with Crippen LogP contribution in [0.25, 0.3) is 6.08 Å². The molecule has 1 aromatic carbocycles. The lowest BCUT2D eigenvalue weighted by atomic mass is 9.93. The standard InChI is InChI=1S/C15H15ClN4OS/c16-12-7-2-1-4-10(12)8-9-13(21)18-15-20-19-14(22-15)17-11-5-3-6-11/h1-2,4,7-9,11H,3,5-6H2,(H,17,19)(H,18,20,21)/b9-8+. The fraction of sp³-hybridized carbons (Fsp3) is 0.267. The normalized spacial score (nSPS) is 14.8. The lowest BCUT2D eigenvalue weighted by molar-refractivity contribution is -0.111. The molecule has 2 N–H and O–H groups in total. The molecule has 114 valence electrons. The van der Waals surface area contributed by atoms with Gasteiger partial charge in [0, 0.05) is 17.1 Å². The van der Waals surface area contributed by atoms with Gasteiger partial charge in [-0.3, -0.25) is 10.1 Å². The lowest BCUT2D eigenvalue weighted by Gasteiger charge is -2.25. The summed E-state index contributed by atoms with van der Waals surface area (Å²) in [5, 5.41) is 15.8. The van der Waals surface area contributed by atoms with Crippen LogP contribution in [-0.2, 0) is 4.79 Å². The third kappa shape index (κ3) is 3.84. The van der Waals surface area contributed by atoms with Crippen LogP contribution in [0.2, 0.25) is 5.02 Å². The summed E-state index contributed by atoms with van der Waals surface area (Å²) in [6.45, 7) is 0. The average Bonchev–Trinajstić information content (AvgIpc) is 2.89. The molecule has 0 radical (unpaired) electrons. The van der Waals surface area contributed by atoms with Gasteiger partial charge in [0.05, 0.1) is 0 Å². The Labute approximate surface area is 137 Å². The summed E-state index contributed by atoms with van der Waals surface area (Å²) in [4.78, 5) is 11.9. The van der Waals surface area contributed by atoms with Crippen molar-refractivity contribution in [3.8, 4) is 0 Å². The van der Waals surface area contributed by atoms with Gasteiger partial charge in [0.1, 0.15) is 0 Å². The van der Waals surface area contributed by atoms with Crippen molar-refractivity contribution in [2.45, 2.75) is 25.3 Å². The van der Waals surface area contributed by atoms with Gasteiger partial charge in [-0.25, -0.2) is 0 Å². The SMILES string of the molecule is O=C(/C=C/c1ccccc1Cl)Nc1nnc(NC2CCC2)s1. The maximum atomic E-state index is 11.9. The first kappa shape index (κ1) is 15.0. The van der Waals surface area contributed by atoms with Crippen molar-refractivity contribution < 1.29 is 4.79 Å². The highest BCUT2D eigenvalue weighted by Gasteiger charge is 2.18. The Morgan fingerprint density at radius 1 is 1.27 bits per heavy atom. The fourth-order valence-corrected chi connectivity index (χ4v) is 2.90. The second-order valence-corrected chi connectivity index (χ2v) is 6.41. The molecule has 2 aromatic rings. The van der Waals surface area contributed by atoms with Crippen molar-refractivity contribution in [3.05, 3.63) is 40.9 Å². The molecule has 0 bridgehead atoms. The number of aromatic nitrogens is 2. The van der Waals surface area contributed by atoms with Gasteiger partial charge in [0.15, 0.2) is 0 Å². The molecule has 0 unspecified atom stereocenters. The van der Waals surface area contributed by atoms with Crippen molar-refractivity contribution in [2.24, 2.45) is 0 Å². The van der Waals surface area contributed by atoms with Gasteiger partial charge in [-0.15, -0.1) is 10.2 Å². The molecule has 22 heavy (non-hydrogen) atoms. The lowest BCUT2D eigenvalue weighted by Crippen LogP contribution is -2.26. The summed E-state index contributed by atoms with van der Waals surface area (Å²) in [6, 6.07) is 7.83. The number of hydrogen-bond acceptors (Lipinski definition) is 5. The van der Waals surface area contributed by atoms with Gasteiger partial charge in [-0.1, -0.05) is 41.1 Å². The second-order valence-electron chi connectivity index (χ2n) is 5.03. The largest absolute Gasteiger partial charge is 0.357 e. The zero-order valence-corrected chi connectivity index (χ0v) is 13.3. The van der Waals surface area contributed by atoms with Gasteiger partial charge in [-0.05, 0) is 37.0 Å². The van der Waals surface area contributed by atoms with Crippen LogP contribution in [0, 0.1) is 0 Å². The molecule has 1 saturated carbocycles. The van der Waals surface area contributed by atoms with Crippen LogP contribution in [0.3, 0.4) is 0 Å². The number of benzene rings is 1. The second kappa shape index (κ2) is 6.89. The van der Waals surface area contributed by atoms with Crippen LogP contribution >= 0.6 is 22.9 Å². The Bertz CT molecular complexity index is 696. The van der Waals surface area contributed by atoms with Gasteiger partial charge in [0.2, 0.25) is 16.2 Å². The van der Waals surface area contributed by atoms with E-state index in [0.29, 0.717) is 16.2 Å². The van der Waals surface area contributed by atoms with Crippen molar-refractivity contribution in [3.63, 3.8) is 0 Å². The molecule has 0 atom stereocenters. The number of rotatable bonds is 5. The van der Waals surface area contributed by atoms with E-state index >= 15 is 0 Å². The van der Waals surface area contributed by atoms with Gasteiger partial charge >= 0.3 is 0 Å². The number of hydrogen-bond donors (Lipinski definition) is 2. The van der Waals surface area contributed by atoms with E-state index in [4.69, 9.17) is 11.6 Å². The van der Waals surface area contributed by atoms with Crippen LogP contribution < -0.4 is 10.6 Å². The topological polar surface area (TPSA) is 66.9 Å². The number of halogens is 1. The molecule has 0 aliphatic heterocycles. The summed E-state index contributed by atoms with van der Waals surface area (Å²) in [7, 11) is 0. The van der Waals surface area contributed by atoms with Crippen LogP contribution in [0.4, 0.5) is 10.3 Å². The number of anilines is 2. The summed E-state index contributed by atoms with van der Waals surface area (Å²) >= 11 is 7.37. The molecule has 1 amide bonds. The van der Waals surface area contributed by atoms with E-state index < -0.39 is 0 Å². The summed E-state index contributed by atoms with van der Waals surface area (Å²) in [5.74, 6) is -0.258. The minimum absolute atomic E-state index is 0.258. The number of carbonyl (C=O) groups is 1. The van der Waals surface area contributed by atoms with E-state index in [1.54, 1.807) is 12.1 Å². The first-order valence-electron chi connectivity index (χ1n) is 7.04. The van der Waals surface area contributed by atoms with Crippen molar-refractivity contribution in [1.82, 2.24) is 10.2 Å². The third-order valence-corrected chi connectivity index (χ3v) is 4.52. The number of amides is 1. The van der Waals surface area contributed by atoms with Crippen LogP contribution in [0.15, 0.2) is 30.3 Å². The maximum Gasteiger partial charge on any atom is 0.250 e. The Hall–Kier alpha value is -1.92. The predicted octanol–water partition coefficient (Wildman–Crippen LogP) is 3.81. The van der Waals surface area contributed by atoms with E-state index in [-0.39, 0.29) is 5.91 Å². The van der Waals surface area contributed by atoms with E-state index in [1.165, 1.54) is 36.7 Å². The third-order valence-electron chi connectivity index (χ3n) is 3.41. The Morgan fingerprint density at radius 2 is 2.05 bits per heavy atom. The average molecular weight is 335 g/mol. The Morgan fingerprint density at radius 3 is 2.77 bits per heavy atom. The first-order chi connectivity index (χ1) is 10.7. The maximum absolute atomic E-state index is 11.9. The predicted molar refractivity (Wildman–Crippen MR) is 90.3 cm³/mol. The number of carbonyl (C=O) groups excluding carboxylic acids is 1. The number of nitrogens with zero attached hydrogens (tertiary/aromatic N) is 2. The molecule has 0 spiro atoms. The molecular formula is C15H15ClN4OS. The molecule has 0 saturated heterocycles. The van der Waals surface area contributed by atoms with Gasteiger partial charge in [0.25, 0.3) is 0 Å². The molecule has 7 heteroatoms. The molecule has 3 rings (SSSR count). The van der Waals surface area contributed by atoms with Crippen LogP contribution in [-0.4, -0.2) is 22.1 Å². The van der Waals surface area contributed by atoms with Crippen molar-refractivity contribution >= 4 is 45.2 Å². The van der Waals surface area contributed by atoms with E-state index in [2.05, 4.69) is 20.8 Å². The first-order valence-corrected chi connectivity index (χ1v) is 8.24. The van der Waals surface area contributed by atoms with Crippen LogP contribution in [0.5, 0.6) is 0 Å². The van der Waals surface area contributed by atoms with Gasteiger partial charge < -0.3 is 5.32 Å². The molecule has 1 fully saturated rings. The van der Waals surface area contributed by atoms with Crippen LogP contribution in [0.1, 0.15) is 24.8 Å². The Kier molecular flexibility index (Phi) is 4.70. The van der Waals surface area contributed by atoms with Gasteiger partial charge in [-0.2, -0.15) is 0 Å². The molecule has 1 aromatic heterocycles. The highest BCUT2D eigenvalue weighted by Crippen LogP contribution is 2.26. The van der Waals surface area contributed by atoms with Crippen molar-refractivity contribution in [1.29, 1.82) is 0 Å². The molecular weight excluding hydrogens is 320 g/mol. The highest BCUT2D eigenvalue weighted by molar-refractivity contribution is 7.19. The zero-order chi connectivity index (χ0) is 15.4. The monoisotopic (exact) mass is 334 g/mol. The fourth-order valence-electron chi connectivity index (χ4n) is 1.98. The summed E-state index contributed by atoms with van der Waals surface area (Å²) < 4.78 is 0. The summed E-state index contributed by atoms with van der Waals surface area (Å²) in [6.07, 6.45) is 6.70. The minimum atomic E-state index is -0.258. The van der Waals surface area contributed by atoms with E-state index in [9.17, 15) is 4.79 Å². The van der Waals surface area contributed by atoms with Crippen molar-refractivity contribution in [2.75, 3.05) is 10.6 Å². The molecule has 1 aliphatic carbocycles. The Balaban J connectivity index is 1.56. The summed E-state index contributed by atoms with van der Waals surface area (Å²) in [5.41, 5.74) is 0.795. The molecule has 1 heterocycles. The zero-order valence-electron chi connectivity index (χ0n) is 11.8. The highest BCUT2D eigenvalue weighted by atomic mass is 35.5.